The summed E-state index contributed by atoms with van der Waals surface area (Å²) in [5, 5.41) is 13.5. The molecule has 0 aliphatic rings. The zero-order chi connectivity index (χ0) is 13.2. The second kappa shape index (κ2) is 4.87. The number of rotatable bonds is 4. The largest absolute Gasteiger partial charge is 0.389 e. The Labute approximate surface area is 101 Å². The fourth-order valence-corrected chi connectivity index (χ4v) is 1.74. The Balaban J connectivity index is 2.95. The first kappa shape index (κ1) is 13.7. The molecule has 0 atom stereocenters. The van der Waals surface area contributed by atoms with Gasteiger partial charge in [-0.05, 0) is 34.6 Å². The standard InChI is InChI=1S/C12H20N2O3/c1-6-14(7-12(4,5)16)11(15)10-8(2)13-17-9(10)3/h16H,6-7H2,1-5H3. The van der Waals surface area contributed by atoms with Crippen molar-refractivity contribution in [2.75, 3.05) is 13.1 Å². The molecule has 0 bridgehead atoms. The molecule has 1 aromatic heterocycles. The van der Waals surface area contributed by atoms with Gasteiger partial charge in [-0.3, -0.25) is 4.79 Å². The van der Waals surface area contributed by atoms with E-state index in [1.165, 1.54) is 0 Å². The lowest BCUT2D eigenvalue weighted by molar-refractivity contribution is 0.0313. The highest BCUT2D eigenvalue weighted by Gasteiger charge is 2.26. The van der Waals surface area contributed by atoms with Crippen LogP contribution in [0, 0.1) is 13.8 Å². The number of hydrogen-bond donors (Lipinski definition) is 1. The van der Waals surface area contributed by atoms with Crippen molar-refractivity contribution in [3.05, 3.63) is 17.0 Å². The summed E-state index contributed by atoms with van der Waals surface area (Å²) in [6.45, 7) is 9.50. The van der Waals surface area contributed by atoms with E-state index in [-0.39, 0.29) is 12.5 Å². The van der Waals surface area contributed by atoms with Crippen molar-refractivity contribution in [2.24, 2.45) is 0 Å². The van der Waals surface area contributed by atoms with E-state index in [9.17, 15) is 9.90 Å². The van der Waals surface area contributed by atoms with Crippen LogP contribution in [0.25, 0.3) is 0 Å². The Morgan fingerprint density at radius 2 is 2.06 bits per heavy atom. The summed E-state index contributed by atoms with van der Waals surface area (Å²) in [5.41, 5.74) is 0.169. The van der Waals surface area contributed by atoms with E-state index in [1.54, 1.807) is 32.6 Å². The monoisotopic (exact) mass is 240 g/mol. The van der Waals surface area contributed by atoms with E-state index in [4.69, 9.17) is 4.52 Å². The Morgan fingerprint density at radius 3 is 2.41 bits per heavy atom. The molecule has 0 aliphatic carbocycles. The maximum absolute atomic E-state index is 12.3. The fraction of sp³-hybridized carbons (Fsp3) is 0.667. The minimum absolute atomic E-state index is 0.147. The SMILES string of the molecule is CCN(CC(C)(C)O)C(=O)c1c(C)noc1C. The van der Waals surface area contributed by atoms with Crippen molar-refractivity contribution < 1.29 is 14.4 Å². The summed E-state index contributed by atoms with van der Waals surface area (Å²) in [7, 11) is 0. The highest BCUT2D eigenvalue weighted by atomic mass is 16.5. The van der Waals surface area contributed by atoms with Crippen LogP contribution in [0.15, 0.2) is 4.52 Å². The van der Waals surface area contributed by atoms with Crippen LogP contribution >= 0.6 is 0 Å². The first-order valence-electron chi connectivity index (χ1n) is 5.70. The molecule has 96 valence electrons. The van der Waals surface area contributed by atoms with E-state index >= 15 is 0 Å². The number of aryl methyl sites for hydroxylation is 2. The number of carbonyl (C=O) groups excluding carboxylic acids is 1. The molecule has 0 fully saturated rings. The first-order chi connectivity index (χ1) is 7.76. The van der Waals surface area contributed by atoms with E-state index in [2.05, 4.69) is 5.16 Å². The van der Waals surface area contributed by atoms with Crippen molar-refractivity contribution in [1.82, 2.24) is 10.1 Å². The minimum atomic E-state index is -0.912. The molecule has 5 heteroatoms. The molecule has 0 saturated carbocycles. The average molecular weight is 240 g/mol. The lowest BCUT2D eigenvalue weighted by Crippen LogP contribution is -2.42. The highest BCUT2D eigenvalue weighted by Crippen LogP contribution is 2.16. The van der Waals surface area contributed by atoms with Gasteiger partial charge in [-0.2, -0.15) is 0 Å². The van der Waals surface area contributed by atoms with Crippen LogP contribution in [0.3, 0.4) is 0 Å². The Kier molecular flexibility index (Phi) is 3.93. The normalized spacial score (nSPS) is 11.6. The predicted molar refractivity (Wildman–Crippen MR) is 63.9 cm³/mol. The molecule has 0 aliphatic heterocycles. The van der Waals surface area contributed by atoms with Gasteiger partial charge in [-0.15, -0.1) is 0 Å². The van der Waals surface area contributed by atoms with Crippen molar-refractivity contribution in [1.29, 1.82) is 0 Å². The maximum Gasteiger partial charge on any atom is 0.259 e. The summed E-state index contributed by atoms with van der Waals surface area (Å²) in [6.07, 6.45) is 0. The van der Waals surface area contributed by atoms with Crippen molar-refractivity contribution in [2.45, 2.75) is 40.2 Å². The third-order valence-corrected chi connectivity index (χ3v) is 2.49. The van der Waals surface area contributed by atoms with Gasteiger partial charge in [0.05, 0.1) is 11.3 Å². The van der Waals surface area contributed by atoms with Gasteiger partial charge in [0, 0.05) is 13.1 Å². The number of aliphatic hydroxyl groups is 1. The highest BCUT2D eigenvalue weighted by molar-refractivity contribution is 5.96. The summed E-state index contributed by atoms with van der Waals surface area (Å²) in [5.74, 6) is 0.368. The average Bonchev–Trinajstić information content (AvgIpc) is 2.53. The predicted octanol–water partition coefficient (Wildman–Crippen LogP) is 1.52. The zero-order valence-electron chi connectivity index (χ0n) is 11.1. The van der Waals surface area contributed by atoms with Gasteiger partial charge in [0.15, 0.2) is 0 Å². The van der Waals surface area contributed by atoms with Crippen molar-refractivity contribution in [3.8, 4) is 0 Å². The molecule has 17 heavy (non-hydrogen) atoms. The number of nitrogens with zero attached hydrogens (tertiary/aromatic N) is 2. The van der Waals surface area contributed by atoms with E-state index in [1.807, 2.05) is 6.92 Å². The molecule has 0 unspecified atom stereocenters. The molecular weight excluding hydrogens is 220 g/mol. The Bertz CT molecular complexity index is 385. The van der Waals surface area contributed by atoms with Crippen LogP contribution in [0.1, 0.15) is 42.6 Å². The maximum atomic E-state index is 12.3. The van der Waals surface area contributed by atoms with Crippen LogP contribution in [0.5, 0.6) is 0 Å². The van der Waals surface area contributed by atoms with Crippen molar-refractivity contribution >= 4 is 5.91 Å². The van der Waals surface area contributed by atoms with E-state index in [0.29, 0.717) is 23.6 Å². The van der Waals surface area contributed by atoms with Gasteiger partial charge >= 0.3 is 0 Å². The number of amides is 1. The first-order valence-corrected chi connectivity index (χ1v) is 5.70. The van der Waals surface area contributed by atoms with Gasteiger partial charge < -0.3 is 14.5 Å². The topological polar surface area (TPSA) is 66.6 Å². The quantitative estimate of drug-likeness (QED) is 0.866. The van der Waals surface area contributed by atoms with Gasteiger partial charge in [-0.25, -0.2) is 0 Å². The van der Waals surface area contributed by atoms with Gasteiger partial charge in [0.25, 0.3) is 5.91 Å². The second-order valence-corrected chi connectivity index (χ2v) is 4.83. The smallest absolute Gasteiger partial charge is 0.259 e. The molecule has 0 radical (unpaired) electrons. The van der Waals surface area contributed by atoms with Gasteiger partial charge in [0.1, 0.15) is 11.3 Å². The molecule has 1 heterocycles. The number of likely N-dealkylation sites (N-methyl/N-ethyl adjacent to an activating group) is 1. The van der Waals surface area contributed by atoms with Crippen molar-refractivity contribution in [3.63, 3.8) is 0 Å². The van der Waals surface area contributed by atoms with E-state index in [0.717, 1.165) is 0 Å². The van der Waals surface area contributed by atoms with Crippen LogP contribution < -0.4 is 0 Å². The third-order valence-electron chi connectivity index (χ3n) is 2.49. The molecule has 1 rings (SSSR count). The lowest BCUT2D eigenvalue weighted by atomic mass is 10.1. The lowest BCUT2D eigenvalue weighted by Gasteiger charge is -2.28. The molecule has 1 N–H and O–H groups in total. The minimum Gasteiger partial charge on any atom is -0.389 e. The van der Waals surface area contributed by atoms with Crippen LogP contribution in [-0.4, -0.2) is 39.8 Å². The molecule has 1 aromatic rings. The number of aromatic nitrogens is 1. The van der Waals surface area contributed by atoms with Gasteiger partial charge in [-0.1, -0.05) is 5.16 Å². The second-order valence-electron chi connectivity index (χ2n) is 4.83. The number of carbonyl (C=O) groups is 1. The molecular formula is C12H20N2O3. The summed E-state index contributed by atoms with van der Waals surface area (Å²) in [4.78, 5) is 13.9. The molecule has 0 aromatic carbocycles. The van der Waals surface area contributed by atoms with Crippen LogP contribution in [0.4, 0.5) is 0 Å². The Hall–Kier alpha value is -1.36. The number of hydrogen-bond acceptors (Lipinski definition) is 4. The van der Waals surface area contributed by atoms with Crippen LogP contribution in [0.2, 0.25) is 0 Å². The third kappa shape index (κ3) is 3.30. The molecule has 1 amide bonds. The van der Waals surface area contributed by atoms with Crippen LogP contribution in [-0.2, 0) is 0 Å². The van der Waals surface area contributed by atoms with Gasteiger partial charge in [0.2, 0.25) is 0 Å². The summed E-state index contributed by atoms with van der Waals surface area (Å²) < 4.78 is 4.98. The molecule has 5 nitrogen and oxygen atoms in total. The summed E-state index contributed by atoms with van der Waals surface area (Å²) in [6, 6.07) is 0. The molecule has 0 saturated heterocycles. The zero-order valence-corrected chi connectivity index (χ0v) is 11.1. The molecule has 0 spiro atoms. The van der Waals surface area contributed by atoms with E-state index < -0.39 is 5.60 Å². The summed E-state index contributed by atoms with van der Waals surface area (Å²) >= 11 is 0. The Morgan fingerprint density at radius 1 is 1.47 bits per heavy atom. The fourth-order valence-electron chi connectivity index (χ4n) is 1.74.